The molecule has 3 aliphatic rings. The lowest BCUT2D eigenvalue weighted by atomic mass is 9.65. The van der Waals surface area contributed by atoms with Crippen molar-refractivity contribution in [2.75, 3.05) is 19.8 Å². The molecule has 3 aliphatic heterocycles. The smallest absolute Gasteiger partial charge is 0.312 e. The van der Waals surface area contributed by atoms with Gasteiger partial charge in [0, 0.05) is 12.6 Å². The molecule has 0 aromatic carbocycles. The van der Waals surface area contributed by atoms with Gasteiger partial charge in [0.2, 0.25) is 11.8 Å². The first kappa shape index (κ1) is 24.7. The summed E-state index contributed by atoms with van der Waals surface area (Å²) in [6.45, 7) is 13.5. The van der Waals surface area contributed by atoms with Crippen molar-refractivity contribution in [1.82, 2.24) is 9.80 Å². The molecule has 0 aliphatic carbocycles. The molecule has 1 spiro atoms. The van der Waals surface area contributed by atoms with Gasteiger partial charge in [-0.15, -0.1) is 6.58 Å². The Morgan fingerprint density at radius 2 is 2.03 bits per heavy atom. The summed E-state index contributed by atoms with van der Waals surface area (Å²) in [7, 11) is 0. The fourth-order valence-corrected chi connectivity index (χ4v) is 6.18. The van der Waals surface area contributed by atoms with Gasteiger partial charge in [0.25, 0.3) is 0 Å². The van der Waals surface area contributed by atoms with Crippen LogP contribution >= 0.6 is 0 Å². The van der Waals surface area contributed by atoms with Gasteiger partial charge in [-0.1, -0.05) is 19.9 Å². The Bertz CT molecular complexity index is 766. The van der Waals surface area contributed by atoms with Gasteiger partial charge >= 0.3 is 5.97 Å². The maximum Gasteiger partial charge on any atom is 0.312 e. The number of carbonyl (C=O) groups excluding carboxylic acids is 3. The van der Waals surface area contributed by atoms with Crippen molar-refractivity contribution in [2.24, 2.45) is 11.8 Å². The van der Waals surface area contributed by atoms with E-state index in [0.29, 0.717) is 32.2 Å². The number of nitrogens with zero attached hydrogens (tertiary/aromatic N) is 2. The van der Waals surface area contributed by atoms with Crippen LogP contribution in [0.5, 0.6) is 0 Å². The summed E-state index contributed by atoms with van der Waals surface area (Å²) in [4.78, 5) is 44.2. The fraction of sp³-hybridized carbons (Fsp3) is 0.792. The standard InChI is InChI=1S/C24H38N2O6/c1-7-13-25(15(5)6)21(29)19-24-12-11-23(9-3,32-24)18(22(30)31-10-4)17(24)20(28)26(19)16(8-2)14-27/h7,15-19,27H,1,8-14H2,2-6H3/t16-,17-,18+,19?,23-,24?/m0/s1. The van der Waals surface area contributed by atoms with Crippen LogP contribution in [0.1, 0.15) is 60.3 Å². The molecule has 2 unspecified atom stereocenters. The van der Waals surface area contributed by atoms with E-state index in [1.807, 2.05) is 27.7 Å². The van der Waals surface area contributed by atoms with Crippen molar-refractivity contribution in [3.8, 4) is 0 Å². The van der Waals surface area contributed by atoms with Crippen molar-refractivity contribution in [3.05, 3.63) is 12.7 Å². The summed E-state index contributed by atoms with van der Waals surface area (Å²) in [5.41, 5.74) is -1.91. The van der Waals surface area contributed by atoms with E-state index in [1.165, 1.54) is 4.90 Å². The average Bonchev–Trinajstić information content (AvgIpc) is 3.37. The second-order valence-electron chi connectivity index (χ2n) is 9.45. The summed E-state index contributed by atoms with van der Waals surface area (Å²) in [6, 6.07) is -1.54. The van der Waals surface area contributed by atoms with Gasteiger partial charge in [-0.3, -0.25) is 14.4 Å². The van der Waals surface area contributed by atoms with E-state index in [9.17, 15) is 19.5 Å². The quantitative estimate of drug-likeness (QED) is 0.403. The van der Waals surface area contributed by atoms with Gasteiger partial charge in [0.15, 0.2) is 0 Å². The molecule has 8 nitrogen and oxygen atoms in total. The van der Waals surface area contributed by atoms with E-state index >= 15 is 0 Å². The summed E-state index contributed by atoms with van der Waals surface area (Å²) in [6.07, 6.45) is 3.82. The summed E-state index contributed by atoms with van der Waals surface area (Å²) < 4.78 is 12.0. The van der Waals surface area contributed by atoms with Gasteiger partial charge in [-0.25, -0.2) is 0 Å². The minimum Gasteiger partial charge on any atom is -0.466 e. The van der Waals surface area contributed by atoms with Crippen molar-refractivity contribution in [2.45, 2.75) is 89.6 Å². The first-order chi connectivity index (χ1) is 15.2. The maximum absolute atomic E-state index is 14.0. The molecule has 0 aromatic heterocycles. The predicted octanol–water partition coefficient (Wildman–Crippen LogP) is 1.90. The third kappa shape index (κ3) is 3.37. The molecule has 8 heteroatoms. The highest BCUT2D eigenvalue weighted by Crippen LogP contribution is 2.64. The number of amides is 2. The summed E-state index contributed by atoms with van der Waals surface area (Å²) >= 11 is 0. The third-order valence-corrected chi connectivity index (χ3v) is 7.70. The Morgan fingerprint density at radius 1 is 1.34 bits per heavy atom. The number of fused-ring (bicyclic) bond motifs is 1. The van der Waals surface area contributed by atoms with E-state index in [4.69, 9.17) is 9.47 Å². The fourth-order valence-electron chi connectivity index (χ4n) is 6.18. The van der Waals surface area contributed by atoms with Gasteiger partial charge in [0.1, 0.15) is 17.6 Å². The predicted molar refractivity (Wildman–Crippen MR) is 119 cm³/mol. The summed E-state index contributed by atoms with van der Waals surface area (Å²) in [5, 5.41) is 10.1. The third-order valence-electron chi connectivity index (χ3n) is 7.70. The Morgan fingerprint density at radius 3 is 2.53 bits per heavy atom. The Hall–Kier alpha value is -1.93. The molecular weight excluding hydrogens is 412 g/mol. The number of esters is 1. The molecule has 0 radical (unpaired) electrons. The molecule has 2 bridgehead atoms. The molecule has 180 valence electrons. The lowest BCUT2D eigenvalue weighted by Crippen LogP contribution is -2.59. The zero-order valence-corrected chi connectivity index (χ0v) is 20.0. The molecular formula is C24H38N2O6. The van der Waals surface area contributed by atoms with E-state index in [2.05, 4.69) is 6.58 Å². The molecule has 3 fully saturated rings. The van der Waals surface area contributed by atoms with Gasteiger partial charge in [-0.2, -0.15) is 0 Å². The van der Waals surface area contributed by atoms with Gasteiger partial charge in [0.05, 0.1) is 30.8 Å². The first-order valence-electron chi connectivity index (χ1n) is 11.9. The monoisotopic (exact) mass is 450 g/mol. The van der Waals surface area contributed by atoms with Gasteiger partial charge < -0.3 is 24.4 Å². The van der Waals surface area contributed by atoms with Crippen molar-refractivity contribution >= 4 is 17.8 Å². The highest BCUT2D eigenvalue weighted by molar-refractivity contribution is 5.98. The zero-order valence-electron chi connectivity index (χ0n) is 20.0. The minimum atomic E-state index is -1.10. The molecule has 3 heterocycles. The number of hydrogen-bond acceptors (Lipinski definition) is 6. The lowest BCUT2D eigenvalue weighted by molar-refractivity contribution is -0.163. The van der Waals surface area contributed by atoms with Crippen LogP contribution in [0, 0.1) is 11.8 Å². The Balaban J connectivity index is 2.16. The van der Waals surface area contributed by atoms with Crippen LogP contribution in [-0.2, 0) is 23.9 Å². The Kier molecular flexibility index (Phi) is 7.05. The SMILES string of the molecule is C=CCN(C(=O)C1N([C@@H](CC)CO)C(=O)[C@@H]2[C@H](C(=O)OCC)[C@]3(CC)CCC12O3)C(C)C. The molecule has 6 atom stereocenters. The first-order valence-corrected chi connectivity index (χ1v) is 11.9. The van der Waals surface area contributed by atoms with Crippen molar-refractivity contribution < 1.29 is 29.0 Å². The zero-order chi connectivity index (χ0) is 23.8. The van der Waals surface area contributed by atoms with Crippen LogP contribution < -0.4 is 0 Å². The molecule has 0 aromatic rings. The van der Waals surface area contributed by atoms with Crippen LogP contribution in [0.2, 0.25) is 0 Å². The molecule has 2 amide bonds. The van der Waals surface area contributed by atoms with Crippen molar-refractivity contribution in [3.63, 3.8) is 0 Å². The molecule has 0 saturated carbocycles. The van der Waals surface area contributed by atoms with E-state index < -0.39 is 41.1 Å². The highest BCUT2D eigenvalue weighted by Gasteiger charge is 2.79. The number of aliphatic hydroxyl groups is 1. The summed E-state index contributed by atoms with van der Waals surface area (Å²) in [5.74, 6) is -2.50. The minimum absolute atomic E-state index is 0.110. The maximum atomic E-state index is 14.0. The van der Waals surface area contributed by atoms with Crippen LogP contribution in [0.4, 0.5) is 0 Å². The number of aliphatic hydroxyl groups excluding tert-OH is 1. The van der Waals surface area contributed by atoms with Crippen LogP contribution in [0.25, 0.3) is 0 Å². The highest BCUT2D eigenvalue weighted by atomic mass is 16.6. The average molecular weight is 451 g/mol. The van der Waals surface area contributed by atoms with Crippen LogP contribution in [0.15, 0.2) is 12.7 Å². The van der Waals surface area contributed by atoms with Crippen molar-refractivity contribution in [1.29, 1.82) is 0 Å². The van der Waals surface area contributed by atoms with Gasteiger partial charge in [-0.05, 0) is 46.5 Å². The molecule has 3 rings (SSSR count). The number of ether oxygens (including phenoxy) is 2. The van der Waals surface area contributed by atoms with Crippen LogP contribution in [-0.4, -0.2) is 81.8 Å². The number of carbonyl (C=O) groups is 3. The number of rotatable bonds is 10. The Labute approximate surface area is 190 Å². The van der Waals surface area contributed by atoms with E-state index in [0.717, 1.165) is 0 Å². The molecule has 32 heavy (non-hydrogen) atoms. The molecule has 1 N–H and O–H groups in total. The number of likely N-dealkylation sites (tertiary alicyclic amines) is 1. The topological polar surface area (TPSA) is 96.4 Å². The van der Waals surface area contributed by atoms with Crippen LogP contribution in [0.3, 0.4) is 0 Å². The van der Waals surface area contributed by atoms with E-state index in [-0.39, 0.29) is 31.1 Å². The lowest BCUT2D eigenvalue weighted by Gasteiger charge is -2.40. The normalized spacial score (nSPS) is 34.0. The molecule has 3 saturated heterocycles. The van der Waals surface area contributed by atoms with E-state index in [1.54, 1.807) is 17.9 Å². The second kappa shape index (κ2) is 9.14. The second-order valence-corrected chi connectivity index (χ2v) is 9.45. The number of hydrogen-bond donors (Lipinski definition) is 1. The largest absolute Gasteiger partial charge is 0.466 e.